The maximum Gasteiger partial charge on any atom is 0.759 e. The first-order valence-electron chi connectivity index (χ1n) is 8.79. The molecule has 11 nitrogen and oxygen atoms in total. The zero-order valence-electron chi connectivity index (χ0n) is 16.7. The lowest BCUT2D eigenvalue weighted by Crippen LogP contribution is -2.33. The van der Waals surface area contributed by atoms with Gasteiger partial charge in [0.2, 0.25) is 0 Å². The normalized spacial score (nSPS) is 24.7. The third-order valence-corrected chi connectivity index (χ3v) is 6.47. The van der Waals surface area contributed by atoms with E-state index in [0.29, 0.717) is 12.1 Å². The third-order valence-electron chi connectivity index (χ3n) is 4.26. The van der Waals surface area contributed by atoms with Crippen LogP contribution in [0.5, 0.6) is 0 Å². The second-order valence-electron chi connectivity index (χ2n) is 6.66. The lowest BCUT2D eigenvalue weighted by molar-refractivity contribution is -0.100. The molecule has 0 amide bonds. The Morgan fingerprint density at radius 2 is 2.13 bits per heavy atom. The van der Waals surface area contributed by atoms with E-state index >= 15 is 0 Å². The quantitative estimate of drug-likeness (QED) is 0.237. The number of halogens is 1. The van der Waals surface area contributed by atoms with Crippen molar-refractivity contribution in [2.24, 2.45) is 4.99 Å². The SMILES string of the molecule is CC[C@@]1(CO[P+](=O)O[P+](=O)OP=O)C[C@@H](F)[C@H](n2cnc(C(C)=O)c2N=C(C)C)O1. The summed E-state index contributed by atoms with van der Waals surface area (Å²) in [4.78, 5) is 20.2. The van der Waals surface area contributed by atoms with Gasteiger partial charge in [-0.25, -0.2) is 18.9 Å². The average molecular weight is 483 g/mol. The van der Waals surface area contributed by atoms with E-state index in [1.165, 1.54) is 17.8 Å². The Bertz CT molecular complexity index is 875. The molecule has 15 heteroatoms. The van der Waals surface area contributed by atoms with Crippen LogP contribution in [0, 0.1) is 0 Å². The van der Waals surface area contributed by atoms with Gasteiger partial charge in [0.05, 0.1) is 6.33 Å². The number of ketones is 1. The Hall–Kier alpha value is -1.38. The molecule has 0 aliphatic carbocycles. The van der Waals surface area contributed by atoms with E-state index in [-0.39, 0.29) is 30.3 Å². The molecule has 2 unspecified atom stereocenters. The fourth-order valence-corrected chi connectivity index (χ4v) is 4.46. The predicted octanol–water partition coefficient (Wildman–Crippen LogP) is 5.18. The zero-order chi connectivity index (χ0) is 22.5. The van der Waals surface area contributed by atoms with E-state index in [2.05, 4.69) is 18.6 Å². The van der Waals surface area contributed by atoms with Crippen molar-refractivity contribution in [2.45, 2.75) is 58.5 Å². The van der Waals surface area contributed by atoms with Crippen molar-refractivity contribution in [3.63, 3.8) is 0 Å². The number of carbonyl (C=O) groups is 1. The summed E-state index contributed by atoms with van der Waals surface area (Å²) >= 11 is 0. The average Bonchev–Trinajstić information content (AvgIpc) is 3.21. The Morgan fingerprint density at radius 3 is 2.70 bits per heavy atom. The van der Waals surface area contributed by atoms with E-state index in [0.717, 1.165) is 0 Å². The van der Waals surface area contributed by atoms with Crippen molar-refractivity contribution in [1.82, 2.24) is 9.55 Å². The summed E-state index contributed by atoms with van der Waals surface area (Å²) in [6.07, 6.45) is -1.14. The highest BCUT2D eigenvalue weighted by atomic mass is 31.2. The first-order valence-corrected chi connectivity index (χ1v) is 11.7. The molecule has 2 heterocycles. The van der Waals surface area contributed by atoms with Crippen molar-refractivity contribution in [3.05, 3.63) is 12.0 Å². The van der Waals surface area contributed by atoms with E-state index < -0.39 is 43.2 Å². The standard InChI is InChI=1S/C15H21FN3O8P3/c1-5-15(7-24-29(22)27-30(23)26-28-21)6-11(16)14(25-15)19-8-17-12(10(4)20)13(19)18-9(2)3/h8,11,14H,5-7H2,1-4H3/q+2/t11-,14-,15+/m1/s1. The van der Waals surface area contributed by atoms with Crippen LogP contribution in [0.4, 0.5) is 10.2 Å². The van der Waals surface area contributed by atoms with Gasteiger partial charge in [0, 0.05) is 28.2 Å². The molecule has 164 valence electrons. The number of rotatable bonds is 11. The third kappa shape index (κ3) is 6.08. The lowest BCUT2D eigenvalue weighted by atomic mass is 9.97. The number of imidazole rings is 1. The van der Waals surface area contributed by atoms with E-state index in [4.69, 9.17) is 9.26 Å². The van der Waals surface area contributed by atoms with Crippen molar-refractivity contribution in [3.8, 4) is 0 Å². The molecule has 30 heavy (non-hydrogen) atoms. The summed E-state index contributed by atoms with van der Waals surface area (Å²) < 4.78 is 68.8. The van der Waals surface area contributed by atoms with Crippen LogP contribution in [0.3, 0.4) is 0 Å². The molecule has 0 saturated carbocycles. The molecule has 1 aliphatic heterocycles. The van der Waals surface area contributed by atoms with Gasteiger partial charge in [-0.2, -0.15) is 0 Å². The first-order chi connectivity index (χ1) is 14.1. The number of Topliss-reactive ketones (excluding diaryl/α,β-unsaturated/α-hetero) is 1. The maximum atomic E-state index is 14.9. The van der Waals surface area contributed by atoms with Gasteiger partial charge in [-0.1, -0.05) is 6.92 Å². The van der Waals surface area contributed by atoms with Crippen molar-refractivity contribution < 1.29 is 40.8 Å². The summed E-state index contributed by atoms with van der Waals surface area (Å²) in [7, 11) is -6.67. The van der Waals surface area contributed by atoms with Crippen LogP contribution < -0.4 is 0 Å². The fourth-order valence-electron chi connectivity index (χ4n) is 2.89. The van der Waals surface area contributed by atoms with Crippen molar-refractivity contribution in [1.29, 1.82) is 0 Å². The molecular weight excluding hydrogens is 462 g/mol. The maximum absolute atomic E-state index is 14.9. The minimum absolute atomic E-state index is 0.0928. The minimum atomic E-state index is -2.89. The molecular formula is C15H21FN3O8P3+2. The lowest BCUT2D eigenvalue weighted by Gasteiger charge is -2.25. The molecule has 1 aliphatic rings. The summed E-state index contributed by atoms with van der Waals surface area (Å²) in [5.41, 5.74) is -0.430. The Balaban J connectivity index is 2.20. The van der Waals surface area contributed by atoms with Crippen molar-refractivity contribution in [2.75, 3.05) is 6.61 Å². The van der Waals surface area contributed by atoms with Crippen LogP contribution in [0.1, 0.15) is 57.3 Å². The topological polar surface area (TPSA) is 135 Å². The smallest absolute Gasteiger partial charge is 0.346 e. The van der Waals surface area contributed by atoms with Gasteiger partial charge in [-0.05, 0) is 24.6 Å². The molecule has 5 atom stereocenters. The molecule has 0 N–H and O–H groups in total. The highest BCUT2D eigenvalue weighted by Gasteiger charge is 2.51. The van der Waals surface area contributed by atoms with E-state index in [1.807, 2.05) is 0 Å². The summed E-state index contributed by atoms with van der Waals surface area (Å²) in [6.45, 7) is 6.20. The van der Waals surface area contributed by atoms with E-state index in [9.17, 15) is 22.9 Å². The minimum Gasteiger partial charge on any atom is -0.346 e. The molecule has 0 aromatic carbocycles. The Labute approximate surface area is 175 Å². The van der Waals surface area contributed by atoms with Crippen LogP contribution in [0.25, 0.3) is 0 Å². The van der Waals surface area contributed by atoms with Crippen LogP contribution >= 0.6 is 25.2 Å². The molecule has 1 aromatic heterocycles. The van der Waals surface area contributed by atoms with Gasteiger partial charge in [0.15, 0.2) is 27.8 Å². The molecule has 1 fully saturated rings. The van der Waals surface area contributed by atoms with Gasteiger partial charge < -0.3 is 4.74 Å². The summed E-state index contributed by atoms with van der Waals surface area (Å²) in [5.74, 6) is -0.140. The van der Waals surface area contributed by atoms with Gasteiger partial charge >= 0.3 is 25.2 Å². The second-order valence-corrected chi connectivity index (χ2v) is 9.27. The monoisotopic (exact) mass is 483 g/mol. The number of nitrogens with zero attached hydrogens (tertiary/aromatic N) is 3. The summed E-state index contributed by atoms with van der Waals surface area (Å²) in [6, 6.07) is 0. The number of alkyl halides is 1. The van der Waals surface area contributed by atoms with Crippen LogP contribution in [0.2, 0.25) is 0 Å². The molecule has 1 saturated heterocycles. The number of aliphatic imine (C=N–C) groups is 1. The number of ether oxygens (including phenoxy) is 1. The predicted molar refractivity (Wildman–Crippen MR) is 104 cm³/mol. The largest absolute Gasteiger partial charge is 0.759 e. The van der Waals surface area contributed by atoms with Crippen LogP contribution in [-0.4, -0.2) is 39.4 Å². The van der Waals surface area contributed by atoms with Gasteiger partial charge in [-0.3, -0.25) is 9.36 Å². The Kier molecular flexibility index (Phi) is 8.94. The fraction of sp³-hybridized carbons (Fsp3) is 0.667. The molecule has 0 spiro atoms. The highest BCUT2D eigenvalue weighted by Crippen LogP contribution is 2.46. The Morgan fingerprint density at radius 1 is 1.43 bits per heavy atom. The van der Waals surface area contributed by atoms with Gasteiger partial charge in [0.1, 0.15) is 18.4 Å². The van der Waals surface area contributed by atoms with E-state index in [1.54, 1.807) is 20.8 Å². The number of carbonyl (C=O) groups excluding carboxylic acids is 1. The van der Waals surface area contributed by atoms with Crippen molar-refractivity contribution >= 4 is 42.5 Å². The molecule has 1 aromatic rings. The molecule has 0 radical (unpaired) electrons. The van der Waals surface area contributed by atoms with Gasteiger partial charge in [0.25, 0.3) is 0 Å². The summed E-state index contributed by atoms with van der Waals surface area (Å²) in [5, 5.41) is 0. The van der Waals surface area contributed by atoms with Crippen LogP contribution in [-0.2, 0) is 31.6 Å². The number of hydrogen-bond donors (Lipinski definition) is 0. The number of aromatic nitrogens is 2. The van der Waals surface area contributed by atoms with Crippen LogP contribution in [0.15, 0.2) is 11.3 Å². The van der Waals surface area contributed by atoms with Gasteiger partial charge in [-0.15, -0.1) is 4.52 Å². The number of hydrogen-bond acceptors (Lipinski definition) is 10. The molecule has 0 bridgehead atoms. The highest BCUT2D eigenvalue weighted by molar-refractivity contribution is 7.50. The molecule has 2 rings (SSSR count). The second kappa shape index (κ2) is 10.8. The zero-order valence-corrected chi connectivity index (χ0v) is 19.4. The first kappa shape index (κ1) is 24.9.